The van der Waals surface area contributed by atoms with Crippen LogP contribution in [0.4, 0.5) is 4.79 Å². The lowest BCUT2D eigenvalue weighted by atomic mass is 9.99. The second-order valence-electron chi connectivity index (χ2n) is 5.07. The van der Waals surface area contributed by atoms with E-state index in [1.165, 1.54) is 0 Å². The van der Waals surface area contributed by atoms with Crippen LogP contribution in [0.25, 0.3) is 0 Å². The molecule has 0 saturated carbocycles. The molecule has 1 heterocycles. The third-order valence-corrected chi connectivity index (χ3v) is 3.56. The van der Waals surface area contributed by atoms with E-state index in [0.29, 0.717) is 0 Å². The number of carbonyl (C=O) groups excluding carboxylic acids is 1. The first kappa shape index (κ1) is 13.3. The molecule has 0 aliphatic carbocycles. The highest BCUT2D eigenvalue weighted by atomic mass is 16.3. The van der Waals surface area contributed by atoms with Crippen LogP contribution in [0.15, 0.2) is 0 Å². The Morgan fingerprint density at radius 1 is 1.44 bits per heavy atom. The lowest BCUT2D eigenvalue weighted by molar-refractivity contribution is 0.160. The molecular weight excluding hydrogens is 204 g/mol. The van der Waals surface area contributed by atoms with Gasteiger partial charge in [0.25, 0.3) is 0 Å². The number of aliphatic hydroxyl groups excluding tert-OH is 1. The summed E-state index contributed by atoms with van der Waals surface area (Å²) < 4.78 is 0. The summed E-state index contributed by atoms with van der Waals surface area (Å²) >= 11 is 0. The summed E-state index contributed by atoms with van der Waals surface area (Å²) in [6, 6.07) is 0.0385. The second kappa shape index (κ2) is 6.09. The molecule has 1 aliphatic rings. The van der Waals surface area contributed by atoms with E-state index in [-0.39, 0.29) is 24.6 Å². The summed E-state index contributed by atoms with van der Waals surface area (Å²) in [5.41, 5.74) is 0. The lowest BCUT2D eigenvalue weighted by Crippen LogP contribution is -2.48. The number of carbonyl (C=O) groups is 1. The smallest absolute Gasteiger partial charge is 0.317 e. The fraction of sp³-hybridized carbons (Fsp3) is 0.917. The van der Waals surface area contributed by atoms with Crippen LogP contribution in [-0.4, -0.2) is 41.8 Å². The summed E-state index contributed by atoms with van der Waals surface area (Å²) in [5, 5.41) is 11.9. The minimum Gasteiger partial charge on any atom is -0.396 e. The van der Waals surface area contributed by atoms with Gasteiger partial charge in [-0.25, -0.2) is 4.79 Å². The van der Waals surface area contributed by atoms with Crippen LogP contribution >= 0.6 is 0 Å². The lowest BCUT2D eigenvalue weighted by Gasteiger charge is -2.32. The normalized spacial score (nSPS) is 21.6. The van der Waals surface area contributed by atoms with Crippen molar-refractivity contribution in [1.29, 1.82) is 0 Å². The Hall–Kier alpha value is -0.770. The third-order valence-electron chi connectivity index (χ3n) is 3.56. The molecule has 0 radical (unpaired) electrons. The van der Waals surface area contributed by atoms with Crippen molar-refractivity contribution in [2.24, 2.45) is 11.8 Å². The minimum atomic E-state index is 0.0136. The van der Waals surface area contributed by atoms with Crippen molar-refractivity contribution in [1.82, 2.24) is 10.2 Å². The van der Waals surface area contributed by atoms with Gasteiger partial charge >= 0.3 is 6.03 Å². The van der Waals surface area contributed by atoms with Gasteiger partial charge in [-0.05, 0) is 31.6 Å². The number of amides is 2. The maximum Gasteiger partial charge on any atom is 0.317 e. The molecule has 2 amide bonds. The van der Waals surface area contributed by atoms with E-state index in [0.717, 1.165) is 31.8 Å². The molecule has 0 spiro atoms. The number of rotatable bonds is 3. The molecule has 0 bridgehead atoms. The molecule has 0 aromatic heterocycles. The highest BCUT2D eigenvalue weighted by Crippen LogP contribution is 2.16. The fourth-order valence-electron chi connectivity index (χ4n) is 1.80. The summed E-state index contributed by atoms with van der Waals surface area (Å²) in [7, 11) is 0. The molecule has 2 N–H and O–H groups in total. The van der Waals surface area contributed by atoms with Crippen LogP contribution in [-0.2, 0) is 0 Å². The van der Waals surface area contributed by atoms with E-state index < -0.39 is 0 Å². The van der Waals surface area contributed by atoms with E-state index in [9.17, 15) is 4.79 Å². The summed E-state index contributed by atoms with van der Waals surface area (Å²) in [6.45, 7) is 7.92. The summed E-state index contributed by atoms with van der Waals surface area (Å²) in [5.74, 6) is 0.838. The number of hydrogen-bond acceptors (Lipinski definition) is 2. The Labute approximate surface area is 98.0 Å². The predicted molar refractivity (Wildman–Crippen MR) is 64.2 cm³/mol. The number of aliphatic hydroxyl groups is 1. The Morgan fingerprint density at radius 3 is 2.50 bits per heavy atom. The molecule has 1 saturated heterocycles. The highest BCUT2D eigenvalue weighted by Gasteiger charge is 2.22. The molecule has 94 valence electrons. The maximum atomic E-state index is 11.9. The minimum absolute atomic E-state index is 0.0136. The van der Waals surface area contributed by atoms with Crippen molar-refractivity contribution in [3.05, 3.63) is 0 Å². The Morgan fingerprint density at radius 2 is 2.00 bits per heavy atom. The molecule has 1 rings (SSSR count). The van der Waals surface area contributed by atoms with Crippen molar-refractivity contribution in [3.63, 3.8) is 0 Å². The highest BCUT2D eigenvalue weighted by molar-refractivity contribution is 5.74. The number of urea groups is 1. The molecule has 1 aliphatic heterocycles. The van der Waals surface area contributed by atoms with E-state index in [1.807, 2.05) is 18.7 Å². The first-order chi connectivity index (χ1) is 7.54. The van der Waals surface area contributed by atoms with Crippen LogP contribution < -0.4 is 5.32 Å². The SMILES string of the molecule is CC1CCN(C(=O)NC(C)C(C)CO)CC1. The largest absolute Gasteiger partial charge is 0.396 e. The summed E-state index contributed by atoms with van der Waals surface area (Å²) in [4.78, 5) is 13.7. The number of nitrogens with zero attached hydrogens (tertiary/aromatic N) is 1. The van der Waals surface area contributed by atoms with Gasteiger partial charge in [-0.3, -0.25) is 0 Å². The third kappa shape index (κ3) is 3.67. The molecule has 4 heteroatoms. The zero-order valence-electron chi connectivity index (χ0n) is 10.6. The van der Waals surface area contributed by atoms with Crippen LogP contribution in [0.2, 0.25) is 0 Å². The van der Waals surface area contributed by atoms with Crippen LogP contribution in [0.5, 0.6) is 0 Å². The molecule has 2 unspecified atom stereocenters. The van der Waals surface area contributed by atoms with Crippen molar-refractivity contribution >= 4 is 6.03 Å². The fourth-order valence-corrected chi connectivity index (χ4v) is 1.80. The Kier molecular flexibility index (Phi) is 5.06. The van der Waals surface area contributed by atoms with E-state index in [1.54, 1.807) is 0 Å². The quantitative estimate of drug-likeness (QED) is 0.768. The standard InChI is InChI=1S/C12H24N2O2/c1-9-4-6-14(7-5-9)12(16)13-11(3)10(2)8-15/h9-11,15H,4-8H2,1-3H3,(H,13,16). The molecule has 2 atom stereocenters. The van der Waals surface area contributed by atoms with Gasteiger partial charge in [-0.15, -0.1) is 0 Å². The first-order valence-corrected chi connectivity index (χ1v) is 6.21. The van der Waals surface area contributed by atoms with Gasteiger partial charge in [0.2, 0.25) is 0 Å². The monoisotopic (exact) mass is 228 g/mol. The van der Waals surface area contributed by atoms with Gasteiger partial charge in [-0.2, -0.15) is 0 Å². The average Bonchev–Trinajstić information content (AvgIpc) is 2.28. The number of hydrogen-bond donors (Lipinski definition) is 2. The molecule has 16 heavy (non-hydrogen) atoms. The predicted octanol–water partition coefficient (Wildman–Crippen LogP) is 1.44. The average molecular weight is 228 g/mol. The first-order valence-electron chi connectivity index (χ1n) is 6.21. The zero-order chi connectivity index (χ0) is 12.1. The van der Waals surface area contributed by atoms with Gasteiger partial charge in [0.1, 0.15) is 0 Å². The molecule has 4 nitrogen and oxygen atoms in total. The number of piperidine rings is 1. The Bertz CT molecular complexity index is 225. The topological polar surface area (TPSA) is 52.6 Å². The maximum absolute atomic E-state index is 11.9. The van der Waals surface area contributed by atoms with E-state index >= 15 is 0 Å². The van der Waals surface area contributed by atoms with Gasteiger partial charge in [0, 0.05) is 25.7 Å². The summed E-state index contributed by atoms with van der Waals surface area (Å²) in [6.07, 6.45) is 2.19. The van der Waals surface area contributed by atoms with Gasteiger partial charge in [-0.1, -0.05) is 13.8 Å². The van der Waals surface area contributed by atoms with Crippen LogP contribution in [0.3, 0.4) is 0 Å². The van der Waals surface area contributed by atoms with Crippen LogP contribution in [0.1, 0.15) is 33.6 Å². The van der Waals surface area contributed by atoms with Crippen molar-refractivity contribution in [2.75, 3.05) is 19.7 Å². The molecule has 0 aromatic rings. The number of nitrogens with one attached hydrogen (secondary N) is 1. The van der Waals surface area contributed by atoms with Gasteiger partial charge in [0.05, 0.1) is 0 Å². The zero-order valence-corrected chi connectivity index (χ0v) is 10.6. The molecule has 0 aromatic carbocycles. The van der Waals surface area contributed by atoms with E-state index in [2.05, 4.69) is 12.2 Å². The van der Waals surface area contributed by atoms with Crippen LogP contribution in [0, 0.1) is 11.8 Å². The molecule has 1 fully saturated rings. The van der Waals surface area contributed by atoms with Gasteiger partial charge in [0.15, 0.2) is 0 Å². The molecular formula is C12H24N2O2. The van der Waals surface area contributed by atoms with E-state index in [4.69, 9.17) is 5.11 Å². The van der Waals surface area contributed by atoms with Crippen molar-refractivity contribution in [2.45, 2.75) is 39.7 Å². The van der Waals surface area contributed by atoms with Gasteiger partial charge < -0.3 is 15.3 Å². The Balaban J connectivity index is 2.34. The van der Waals surface area contributed by atoms with Crippen molar-refractivity contribution in [3.8, 4) is 0 Å². The number of likely N-dealkylation sites (tertiary alicyclic amines) is 1. The van der Waals surface area contributed by atoms with Crippen molar-refractivity contribution < 1.29 is 9.90 Å². The second-order valence-corrected chi connectivity index (χ2v) is 5.07.